The number of aliphatic carboxylic acids is 1. The van der Waals surface area contributed by atoms with Crippen molar-refractivity contribution >= 4 is 5.97 Å². The van der Waals surface area contributed by atoms with Crippen molar-refractivity contribution in [3.63, 3.8) is 0 Å². The van der Waals surface area contributed by atoms with Crippen molar-refractivity contribution < 1.29 is 14.6 Å². The second-order valence-electron chi connectivity index (χ2n) is 5.21. The minimum Gasteiger partial charge on any atom is -0.481 e. The standard InChI is InChI=1S/C13H23NO3/c15-13(16)10-12(11-4-8-17-9-5-11)14-6-2-1-3-7-14/h11-12H,1-10H2,(H,15,16). The molecule has 4 nitrogen and oxygen atoms in total. The number of carboxylic acids is 1. The Morgan fingerprint density at radius 1 is 1.24 bits per heavy atom. The Balaban J connectivity index is 1.97. The van der Waals surface area contributed by atoms with Gasteiger partial charge in [0.15, 0.2) is 0 Å². The van der Waals surface area contributed by atoms with Crippen LogP contribution in [0.3, 0.4) is 0 Å². The number of piperidine rings is 1. The molecule has 0 aromatic rings. The summed E-state index contributed by atoms with van der Waals surface area (Å²) >= 11 is 0. The van der Waals surface area contributed by atoms with E-state index in [4.69, 9.17) is 9.84 Å². The first kappa shape index (κ1) is 12.8. The third-order valence-corrected chi connectivity index (χ3v) is 4.05. The van der Waals surface area contributed by atoms with Crippen LogP contribution < -0.4 is 0 Å². The highest BCUT2D eigenvalue weighted by molar-refractivity contribution is 5.67. The summed E-state index contributed by atoms with van der Waals surface area (Å²) in [5.74, 6) is -0.148. The van der Waals surface area contributed by atoms with E-state index >= 15 is 0 Å². The first-order valence-electron chi connectivity index (χ1n) is 6.81. The van der Waals surface area contributed by atoms with Crippen LogP contribution in [0.25, 0.3) is 0 Å². The molecular weight excluding hydrogens is 218 g/mol. The molecule has 1 N–H and O–H groups in total. The molecule has 0 bridgehead atoms. The lowest BCUT2D eigenvalue weighted by atomic mass is 9.87. The Morgan fingerprint density at radius 3 is 2.47 bits per heavy atom. The predicted molar refractivity (Wildman–Crippen MR) is 65.0 cm³/mol. The highest BCUT2D eigenvalue weighted by atomic mass is 16.5. The van der Waals surface area contributed by atoms with Crippen molar-refractivity contribution in [1.29, 1.82) is 0 Å². The monoisotopic (exact) mass is 241 g/mol. The largest absolute Gasteiger partial charge is 0.481 e. The lowest BCUT2D eigenvalue weighted by molar-refractivity contribution is -0.139. The summed E-state index contributed by atoms with van der Waals surface area (Å²) in [6.45, 7) is 3.76. The van der Waals surface area contributed by atoms with Crippen LogP contribution in [-0.2, 0) is 9.53 Å². The van der Waals surface area contributed by atoms with E-state index in [0.29, 0.717) is 12.3 Å². The van der Waals surface area contributed by atoms with Crippen LogP contribution in [0.4, 0.5) is 0 Å². The van der Waals surface area contributed by atoms with Gasteiger partial charge in [0.1, 0.15) is 0 Å². The smallest absolute Gasteiger partial charge is 0.304 e. The molecule has 0 aromatic heterocycles. The number of likely N-dealkylation sites (tertiary alicyclic amines) is 1. The van der Waals surface area contributed by atoms with Gasteiger partial charge in [-0.15, -0.1) is 0 Å². The lowest BCUT2D eigenvalue weighted by Crippen LogP contribution is -2.46. The Bertz CT molecular complexity index is 227. The van der Waals surface area contributed by atoms with E-state index in [2.05, 4.69) is 4.90 Å². The Kier molecular flexibility index (Phi) is 4.80. The molecule has 2 heterocycles. The Hall–Kier alpha value is -0.610. The van der Waals surface area contributed by atoms with Crippen LogP contribution in [0.2, 0.25) is 0 Å². The first-order valence-corrected chi connectivity index (χ1v) is 6.81. The normalized spacial score (nSPS) is 25.6. The van der Waals surface area contributed by atoms with Gasteiger partial charge in [0.2, 0.25) is 0 Å². The van der Waals surface area contributed by atoms with Crippen molar-refractivity contribution in [2.75, 3.05) is 26.3 Å². The van der Waals surface area contributed by atoms with Gasteiger partial charge < -0.3 is 9.84 Å². The van der Waals surface area contributed by atoms with Gasteiger partial charge in [-0.1, -0.05) is 6.42 Å². The summed E-state index contributed by atoms with van der Waals surface area (Å²) < 4.78 is 5.38. The molecule has 0 radical (unpaired) electrons. The van der Waals surface area contributed by atoms with E-state index in [-0.39, 0.29) is 6.04 Å². The van der Waals surface area contributed by atoms with E-state index in [0.717, 1.165) is 39.1 Å². The van der Waals surface area contributed by atoms with Gasteiger partial charge in [0, 0.05) is 19.3 Å². The molecule has 4 heteroatoms. The minimum absolute atomic E-state index is 0.233. The maximum atomic E-state index is 11.0. The van der Waals surface area contributed by atoms with Crippen LogP contribution >= 0.6 is 0 Å². The van der Waals surface area contributed by atoms with Crippen LogP contribution in [0.1, 0.15) is 38.5 Å². The second-order valence-corrected chi connectivity index (χ2v) is 5.21. The molecule has 17 heavy (non-hydrogen) atoms. The zero-order chi connectivity index (χ0) is 12.1. The first-order chi connectivity index (χ1) is 8.27. The molecule has 0 spiro atoms. The third kappa shape index (κ3) is 3.68. The molecule has 2 aliphatic heterocycles. The highest BCUT2D eigenvalue weighted by Gasteiger charge is 2.31. The molecule has 98 valence electrons. The summed E-state index contributed by atoms with van der Waals surface area (Å²) in [5, 5.41) is 9.09. The molecule has 2 fully saturated rings. The molecule has 2 aliphatic rings. The van der Waals surface area contributed by atoms with E-state index < -0.39 is 5.97 Å². The fourth-order valence-electron chi connectivity index (χ4n) is 3.12. The summed E-state index contributed by atoms with van der Waals surface area (Å²) in [6.07, 6.45) is 6.08. The van der Waals surface area contributed by atoms with Crippen molar-refractivity contribution in [1.82, 2.24) is 4.90 Å². The topological polar surface area (TPSA) is 49.8 Å². The van der Waals surface area contributed by atoms with Crippen molar-refractivity contribution in [3.8, 4) is 0 Å². The van der Waals surface area contributed by atoms with Gasteiger partial charge >= 0.3 is 5.97 Å². The van der Waals surface area contributed by atoms with Gasteiger partial charge in [0.25, 0.3) is 0 Å². The number of carboxylic acid groups (broad SMARTS) is 1. The summed E-state index contributed by atoms with van der Waals surface area (Å²) in [5.41, 5.74) is 0. The van der Waals surface area contributed by atoms with Gasteiger partial charge in [-0.3, -0.25) is 9.69 Å². The fourth-order valence-corrected chi connectivity index (χ4v) is 3.12. The van der Waals surface area contributed by atoms with E-state index in [1.54, 1.807) is 0 Å². The molecule has 2 saturated heterocycles. The van der Waals surface area contributed by atoms with E-state index in [9.17, 15) is 4.79 Å². The van der Waals surface area contributed by atoms with Gasteiger partial charge in [-0.05, 0) is 44.7 Å². The molecule has 1 unspecified atom stereocenters. The molecule has 0 aliphatic carbocycles. The predicted octanol–water partition coefficient (Wildman–Crippen LogP) is 1.74. The fraction of sp³-hybridized carbons (Fsp3) is 0.923. The molecule has 1 atom stereocenters. The average molecular weight is 241 g/mol. The van der Waals surface area contributed by atoms with Gasteiger partial charge in [0.05, 0.1) is 6.42 Å². The molecule has 0 saturated carbocycles. The maximum absolute atomic E-state index is 11.0. The number of ether oxygens (including phenoxy) is 1. The quantitative estimate of drug-likeness (QED) is 0.814. The van der Waals surface area contributed by atoms with E-state index in [1.807, 2.05) is 0 Å². The molecule has 0 aromatic carbocycles. The van der Waals surface area contributed by atoms with Crippen molar-refractivity contribution in [3.05, 3.63) is 0 Å². The molecular formula is C13H23NO3. The number of hydrogen-bond donors (Lipinski definition) is 1. The second kappa shape index (κ2) is 6.36. The zero-order valence-corrected chi connectivity index (χ0v) is 10.4. The van der Waals surface area contributed by atoms with Gasteiger partial charge in [-0.2, -0.15) is 0 Å². The Labute approximate surface area is 103 Å². The lowest BCUT2D eigenvalue weighted by Gasteiger charge is -2.40. The van der Waals surface area contributed by atoms with E-state index in [1.165, 1.54) is 19.3 Å². The van der Waals surface area contributed by atoms with Crippen LogP contribution in [-0.4, -0.2) is 48.3 Å². The highest BCUT2D eigenvalue weighted by Crippen LogP contribution is 2.27. The van der Waals surface area contributed by atoms with Crippen molar-refractivity contribution in [2.24, 2.45) is 5.92 Å². The number of nitrogens with zero attached hydrogens (tertiary/aromatic N) is 1. The average Bonchev–Trinajstić information content (AvgIpc) is 2.38. The summed E-state index contributed by atoms with van der Waals surface area (Å²) in [7, 11) is 0. The van der Waals surface area contributed by atoms with Crippen molar-refractivity contribution in [2.45, 2.75) is 44.6 Å². The molecule has 2 rings (SSSR count). The van der Waals surface area contributed by atoms with Crippen LogP contribution in [0, 0.1) is 5.92 Å². The van der Waals surface area contributed by atoms with Gasteiger partial charge in [-0.25, -0.2) is 0 Å². The number of hydrogen-bond acceptors (Lipinski definition) is 3. The zero-order valence-electron chi connectivity index (χ0n) is 10.4. The minimum atomic E-state index is -0.660. The molecule has 0 amide bonds. The summed E-state index contributed by atoms with van der Waals surface area (Å²) in [6, 6.07) is 0.233. The summed E-state index contributed by atoms with van der Waals surface area (Å²) in [4.78, 5) is 13.4. The van der Waals surface area contributed by atoms with Crippen LogP contribution in [0.15, 0.2) is 0 Å². The number of rotatable bonds is 4. The van der Waals surface area contributed by atoms with Crippen LogP contribution in [0.5, 0.6) is 0 Å². The third-order valence-electron chi connectivity index (χ3n) is 4.05. The number of carbonyl (C=O) groups is 1. The maximum Gasteiger partial charge on any atom is 0.304 e. The SMILES string of the molecule is O=C(O)CC(C1CCOCC1)N1CCCCC1. The Morgan fingerprint density at radius 2 is 1.88 bits per heavy atom.